The molecule has 0 spiro atoms. The zero-order valence-electron chi connectivity index (χ0n) is 12.8. The molecule has 1 atom stereocenters. The van der Waals surface area contributed by atoms with Gasteiger partial charge in [-0.15, -0.1) is 0 Å². The van der Waals surface area contributed by atoms with Crippen LogP contribution in [0.25, 0.3) is 6.08 Å². The SMILES string of the molecule is COc1ccc(/C=C/CN2CC[C@H](CNC(C)=O)C2)cc1. The Labute approximate surface area is 126 Å². The Bertz CT molecular complexity index is 482. The second-order valence-corrected chi connectivity index (χ2v) is 5.53. The van der Waals surface area contributed by atoms with Gasteiger partial charge in [-0.2, -0.15) is 0 Å². The molecule has 1 aromatic carbocycles. The molecule has 1 N–H and O–H groups in total. The Morgan fingerprint density at radius 2 is 2.19 bits per heavy atom. The second-order valence-electron chi connectivity index (χ2n) is 5.53. The van der Waals surface area contributed by atoms with E-state index in [0.29, 0.717) is 5.92 Å². The highest BCUT2D eigenvalue weighted by molar-refractivity contribution is 5.72. The number of rotatable bonds is 6. The summed E-state index contributed by atoms with van der Waals surface area (Å²) in [5.41, 5.74) is 1.18. The van der Waals surface area contributed by atoms with Gasteiger partial charge in [-0.1, -0.05) is 24.3 Å². The van der Waals surface area contributed by atoms with Crippen LogP contribution < -0.4 is 10.1 Å². The molecule has 4 heteroatoms. The van der Waals surface area contributed by atoms with Crippen LogP contribution in [0.2, 0.25) is 0 Å². The zero-order valence-corrected chi connectivity index (χ0v) is 12.8. The lowest BCUT2D eigenvalue weighted by Gasteiger charge is -2.13. The van der Waals surface area contributed by atoms with Crippen LogP contribution in [0.4, 0.5) is 0 Å². The maximum absolute atomic E-state index is 10.9. The van der Waals surface area contributed by atoms with Crippen LogP contribution in [0.15, 0.2) is 30.3 Å². The van der Waals surface area contributed by atoms with Gasteiger partial charge in [0.25, 0.3) is 0 Å². The Hall–Kier alpha value is -1.81. The molecule has 4 nitrogen and oxygen atoms in total. The summed E-state index contributed by atoms with van der Waals surface area (Å²) in [6.07, 6.45) is 5.50. The monoisotopic (exact) mass is 288 g/mol. The maximum atomic E-state index is 10.9. The van der Waals surface area contributed by atoms with Crippen molar-refractivity contribution in [2.24, 2.45) is 5.92 Å². The van der Waals surface area contributed by atoms with Crippen LogP contribution in [-0.4, -0.2) is 44.1 Å². The van der Waals surface area contributed by atoms with Crippen LogP contribution in [0, 0.1) is 5.92 Å². The molecule has 0 saturated carbocycles. The van der Waals surface area contributed by atoms with Crippen LogP contribution in [-0.2, 0) is 4.79 Å². The van der Waals surface area contributed by atoms with Crippen molar-refractivity contribution >= 4 is 12.0 Å². The third-order valence-corrected chi connectivity index (χ3v) is 3.80. The summed E-state index contributed by atoms with van der Waals surface area (Å²) in [6, 6.07) is 8.05. The topological polar surface area (TPSA) is 41.6 Å². The van der Waals surface area contributed by atoms with Crippen molar-refractivity contribution in [3.05, 3.63) is 35.9 Å². The van der Waals surface area contributed by atoms with Crippen molar-refractivity contribution in [2.45, 2.75) is 13.3 Å². The molecule has 1 aliphatic heterocycles. The van der Waals surface area contributed by atoms with E-state index in [0.717, 1.165) is 38.3 Å². The number of nitrogens with zero attached hydrogens (tertiary/aromatic N) is 1. The normalized spacial score (nSPS) is 19.0. The number of nitrogens with one attached hydrogen (secondary N) is 1. The van der Waals surface area contributed by atoms with E-state index in [9.17, 15) is 4.79 Å². The van der Waals surface area contributed by atoms with Crippen molar-refractivity contribution in [1.82, 2.24) is 10.2 Å². The molecule has 0 bridgehead atoms. The van der Waals surface area contributed by atoms with Crippen molar-refractivity contribution in [3.63, 3.8) is 0 Å². The van der Waals surface area contributed by atoms with Crippen molar-refractivity contribution in [1.29, 1.82) is 0 Å². The molecule has 0 radical (unpaired) electrons. The molecule has 1 aromatic rings. The van der Waals surface area contributed by atoms with E-state index in [1.807, 2.05) is 12.1 Å². The number of methoxy groups -OCH3 is 1. The molecule has 1 amide bonds. The van der Waals surface area contributed by atoms with Gasteiger partial charge in [-0.25, -0.2) is 0 Å². The lowest BCUT2D eigenvalue weighted by atomic mass is 10.1. The smallest absolute Gasteiger partial charge is 0.216 e. The largest absolute Gasteiger partial charge is 0.497 e. The molecule has 0 aliphatic carbocycles. The van der Waals surface area contributed by atoms with Gasteiger partial charge < -0.3 is 10.1 Å². The summed E-state index contributed by atoms with van der Waals surface area (Å²) in [6.45, 7) is 5.51. The average Bonchev–Trinajstić information content (AvgIpc) is 2.94. The minimum Gasteiger partial charge on any atom is -0.497 e. The van der Waals surface area contributed by atoms with Crippen LogP contribution in [0.1, 0.15) is 18.9 Å². The summed E-state index contributed by atoms with van der Waals surface area (Å²) in [4.78, 5) is 13.3. The molecular formula is C17H24N2O2. The van der Waals surface area contributed by atoms with E-state index in [2.05, 4.69) is 34.5 Å². The molecular weight excluding hydrogens is 264 g/mol. The molecule has 2 rings (SSSR count). The highest BCUT2D eigenvalue weighted by Crippen LogP contribution is 2.16. The minimum absolute atomic E-state index is 0.0628. The Kier molecular flexibility index (Phi) is 5.81. The van der Waals surface area contributed by atoms with Gasteiger partial charge >= 0.3 is 0 Å². The first-order valence-electron chi connectivity index (χ1n) is 7.45. The third kappa shape index (κ3) is 5.23. The fourth-order valence-electron chi connectivity index (χ4n) is 2.59. The lowest BCUT2D eigenvalue weighted by molar-refractivity contribution is -0.119. The second kappa shape index (κ2) is 7.84. The standard InChI is InChI=1S/C17H24N2O2/c1-14(20)18-12-16-9-11-19(13-16)10-3-4-15-5-7-17(21-2)8-6-15/h3-8,16H,9-13H2,1-2H3,(H,18,20)/b4-3+/t16-/m1/s1. The number of hydrogen-bond donors (Lipinski definition) is 1. The number of hydrogen-bond acceptors (Lipinski definition) is 3. The third-order valence-electron chi connectivity index (χ3n) is 3.80. The van der Waals surface area contributed by atoms with E-state index >= 15 is 0 Å². The first kappa shape index (κ1) is 15.6. The van der Waals surface area contributed by atoms with Gasteiger partial charge in [0.15, 0.2) is 0 Å². The maximum Gasteiger partial charge on any atom is 0.216 e. The zero-order chi connectivity index (χ0) is 15.1. The predicted molar refractivity (Wildman–Crippen MR) is 85.3 cm³/mol. The predicted octanol–water partition coefficient (Wildman–Crippen LogP) is 2.17. The molecule has 0 aromatic heterocycles. The van der Waals surface area contributed by atoms with Gasteiger partial charge in [0.2, 0.25) is 5.91 Å². The number of carbonyl (C=O) groups is 1. The summed E-state index contributed by atoms with van der Waals surface area (Å²) < 4.78 is 5.14. The Balaban J connectivity index is 1.73. The van der Waals surface area contributed by atoms with Gasteiger partial charge in [-0.05, 0) is 36.6 Å². The van der Waals surface area contributed by atoms with Crippen molar-refractivity contribution in [3.8, 4) is 5.75 Å². The molecule has 1 saturated heterocycles. The molecule has 0 unspecified atom stereocenters. The Morgan fingerprint density at radius 3 is 2.86 bits per heavy atom. The molecule has 1 fully saturated rings. The van der Waals surface area contributed by atoms with Gasteiger partial charge in [-0.3, -0.25) is 9.69 Å². The summed E-state index contributed by atoms with van der Waals surface area (Å²) in [5, 5.41) is 2.91. The first-order valence-corrected chi connectivity index (χ1v) is 7.45. The molecule has 1 heterocycles. The van der Waals surface area contributed by atoms with Crippen molar-refractivity contribution in [2.75, 3.05) is 33.3 Å². The van der Waals surface area contributed by atoms with E-state index in [1.54, 1.807) is 14.0 Å². The summed E-state index contributed by atoms with van der Waals surface area (Å²) >= 11 is 0. The fourth-order valence-corrected chi connectivity index (χ4v) is 2.59. The number of benzene rings is 1. The first-order chi connectivity index (χ1) is 10.2. The quantitative estimate of drug-likeness (QED) is 0.872. The highest BCUT2D eigenvalue weighted by Gasteiger charge is 2.21. The van der Waals surface area contributed by atoms with Crippen molar-refractivity contribution < 1.29 is 9.53 Å². The number of carbonyl (C=O) groups excluding carboxylic acids is 1. The summed E-state index contributed by atoms with van der Waals surface area (Å²) in [5.74, 6) is 1.53. The van der Waals surface area contributed by atoms with Crippen LogP contribution >= 0.6 is 0 Å². The van der Waals surface area contributed by atoms with E-state index in [1.165, 1.54) is 5.56 Å². The lowest BCUT2D eigenvalue weighted by Crippen LogP contribution is -2.29. The number of amides is 1. The molecule has 21 heavy (non-hydrogen) atoms. The van der Waals surface area contributed by atoms with Gasteiger partial charge in [0.1, 0.15) is 5.75 Å². The van der Waals surface area contributed by atoms with Crippen LogP contribution in [0.3, 0.4) is 0 Å². The van der Waals surface area contributed by atoms with E-state index < -0.39 is 0 Å². The molecule has 114 valence electrons. The van der Waals surface area contributed by atoms with Gasteiger partial charge in [0.05, 0.1) is 7.11 Å². The fraction of sp³-hybridized carbons (Fsp3) is 0.471. The van der Waals surface area contributed by atoms with Gasteiger partial charge in [0, 0.05) is 26.6 Å². The molecule has 1 aliphatic rings. The number of ether oxygens (including phenoxy) is 1. The minimum atomic E-state index is 0.0628. The summed E-state index contributed by atoms with van der Waals surface area (Å²) in [7, 11) is 1.68. The highest BCUT2D eigenvalue weighted by atomic mass is 16.5. The Morgan fingerprint density at radius 1 is 1.43 bits per heavy atom. The average molecular weight is 288 g/mol. The van der Waals surface area contributed by atoms with Crippen LogP contribution in [0.5, 0.6) is 5.75 Å². The van der Waals surface area contributed by atoms with E-state index in [4.69, 9.17) is 4.74 Å². The van der Waals surface area contributed by atoms with E-state index in [-0.39, 0.29) is 5.91 Å². The number of likely N-dealkylation sites (tertiary alicyclic amines) is 1.